The highest BCUT2D eigenvalue weighted by Crippen LogP contribution is 2.29. The minimum atomic E-state index is 0.142. The minimum Gasteiger partial charge on any atom is -0.336 e. The van der Waals surface area contributed by atoms with Crippen molar-refractivity contribution in [3.63, 3.8) is 0 Å². The number of piperazine rings is 1. The molecule has 1 amide bonds. The van der Waals surface area contributed by atoms with Gasteiger partial charge in [-0.25, -0.2) is 0 Å². The Bertz CT molecular complexity index is 921. The van der Waals surface area contributed by atoms with Crippen LogP contribution in [0.2, 0.25) is 0 Å². The molecule has 148 valence electrons. The lowest BCUT2D eigenvalue weighted by atomic mass is 9.96. The summed E-state index contributed by atoms with van der Waals surface area (Å²) in [5.74, 6) is 0.142. The smallest absolute Gasteiger partial charge is 0.253 e. The van der Waals surface area contributed by atoms with E-state index in [2.05, 4.69) is 79.4 Å². The molecule has 0 aliphatic carbocycles. The average molecular weight is 385 g/mol. The molecule has 1 heterocycles. The van der Waals surface area contributed by atoms with Crippen LogP contribution in [-0.2, 0) is 0 Å². The van der Waals surface area contributed by atoms with Gasteiger partial charge in [-0.1, -0.05) is 66.7 Å². The third-order valence-electron chi connectivity index (χ3n) is 5.95. The van der Waals surface area contributed by atoms with Crippen LogP contribution in [0.15, 0.2) is 78.9 Å². The third kappa shape index (κ3) is 4.25. The molecule has 0 N–H and O–H groups in total. The number of rotatable bonds is 4. The van der Waals surface area contributed by atoms with Crippen molar-refractivity contribution in [3.05, 3.63) is 107 Å². The second-order valence-electron chi connectivity index (χ2n) is 7.85. The largest absolute Gasteiger partial charge is 0.336 e. The molecular weight excluding hydrogens is 356 g/mol. The molecule has 3 aromatic carbocycles. The van der Waals surface area contributed by atoms with Gasteiger partial charge in [-0.15, -0.1) is 0 Å². The Kier molecular flexibility index (Phi) is 5.77. The number of nitrogens with zero attached hydrogens (tertiary/aromatic N) is 2. The first-order valence-electron chi connectivity index (χ1n) is 10.3. The SMILES string of the molecule is Cc1ccc(C(=O)N2CCN(C(c3ccccc3)c3ccccc3)CC2)cc1C. The molecule has 3 aromatic rings. The van der Waals surface area contributed by atoms with Gasteiger partial charge in [-0.3, -0.25) is 9.69 Å². The van der Waals surface area contributed by atoms with Crippen LogP contribution in [0.4, 0.5) is 0 Å². The van der Waals surface area contributed by atoms with Crippen molar-refractivity contribution >= 4 is 5.91 Å². The summed E-state index contributed by atoms with van der Waals surface area (Å²) in [5.41, 5.74) is 5.78. The summed E-state index contributed by atoms with van der Waals surface area (Å²) in [4.78, 5) is 17.5. The summed E-state index contributed by atoms with van der Waals surface area (Å²) in [6, 6.07) is 27.6. The van der Waals surface area contributed by atoms with Crippen molar-refractivity contribution in [2.75, 3.05) is 26.2 Å². The predicted octanol–water partition coefficient (Wildman–Crippen LogP) is 4.85. The molecule has 1 saturated heterocycles. The normalized spacial score (nSPS) is 14.9. The van der Waals surface area contributed by atoms with E-state index in [0.717, 1.165) is 31.7 Å². The number of carbonyl (C=O) groups excluding carboxylic acids is 1. The second kappa shape index (κ2) is 8.62. The van der Waals surface area contributed by atoms with Gasteiger partial charge in [0, 0.05) is 31.7 Å². The summed E-state index contributed by atoms with van der Waals surface area (Å²) in [5, 5.41) is 0. The molecule has 29 heavy (non-hydrogen) atoms. The molecule has 1 aliphatic rings. The Hall–Kier alpha value is -2.91. The van der Waals surface area contributed by atoms with E-state index < -0.39 is 0 Å². The third-order valence-corrected chi connectivity index (χ3v) is 5.95. The Morgan fingerprint density at radius 3 is 1.79 bits per heavy atom. The van der Waals surface area contributed by atoms with Crippen molar-refractivity contribution < 1.29 is 4.79 Å². The zero-order valence-electron chi connectivity index (χ0n) is 17.2. The first-order chi connectivity index (χ1) is 14.1. The van der Waals surface area contributed by atoms with E-state index in [4.69, 9.17) is 0 Å². The molecule has 0 bridgehead atoms. The van der Waals surface area contributed by atoms with Crippen LogP contribution < -0.4 is 0 Å². The molecule has 0 atom stereocenters. The van der Waals surface area contributed by atoms with Crippen molar-refractivity contribution in [3.8, 4) is 0 Å². The van der Waals surface area contributed by atoms with Crippen molar-refractivity contribution in [1.29, 1.82) is 0 Å². The van der Waals surface area contributed by atoms with E-state index in [1.54, 1.807) is 0 Å². The van der Waals surface area contributed by atoms with Crippen molar-refractivity contribution in [1.82, 2.24) is 9.80 Å². The number of benzene rings is 3. The van der Waals surface area contributed by atoms with Gasteiger partial charge in [-0.2, -0.15) is 0 Å². The highest BCUT2D eigenvalue weighted by atomic mass is 16.2. The summed E-state index contributed by atoms with van der Waals surface area (Å²) in [6.07, 6.45) is 0. The maximum absolute atomic E-state index is 13.0. The van der Waals surface area contributed by atoms with Gasteiger partial charge in [0.1, 0.15) is 0 Å². The molecule has 1 fully saturated rings. The molecule has 3 heteroatoms. The second-order valence-corrected chi connectivity index (χ2v) is 7.85. The molecule has 0 saturated carbocycles. The van der Waals surface area contributed by atoms with E-state index in [1.165, 1.54) is 22.3 Å². The van der Waals surface area contributed by atoms with Crippen LogP contribution in [0.3, 0.4) is 0 Å². The summed E-state index contributed by atoms with van der Waals surface area (Å²) in [6.45, 7) is 7.38. The zero-order valence-corrected chi connectivity index (χ0v) is 17.2. The maximum atomic E-state index is 13.0. The topological polar surface area (TPSA) is 23.6 Å². The lowest BCUT2D eigenvalue weighted by molar-refractivity contribution is 0.0597. The van der Waals surface area contributed by atoms with Crippen LogP contribution in [0.1, 0.15) is 38.7 Å². The van der Waals surface area contributed by atoms with E-state index >= 15 is 0 Å². The predicted molar refractivity (Wildman–Crippen MR) is 118 cm³/mol. The lowest BCUT2D eigenvalue weighted by Gasteiger charge is -2.40. The highest BCUT2D eigenvalue weighted by molar-refractivity contribution is 5.94. The first kappa shape index (κ1) is 19.4. The monoisotopic (exact) mass is 384 g/mol. The van der Waals surface area contributed by atoms with E-state index in [0.29, 0.717) is 0 Å². The number of aryl methyl sites for hydroxylation is 2. The van der Waals surface area contributed by atoms with Gasteiger partial charge in [0.05, 0.1) is 6.04 Å². The summed E-state index contributed by atoms with van der Waals surface area (Å²) >= 11 is 0. The van der Waals surface area contributed by atoms with Crippen LogP contribution in [0.25, 0.3) is 0 Å². The van der Waals surface area contributed by atoms with Gasteiger partial charge in [0.2, 0.25) is 0 Å². The first-order valence-corrected chi connectivity index (χ1v) is 10.3. The average Bonchev–Trinajstić information content (AvgIpc) is 2.77. The van der Waals surface area contributed by atoms with Gasteiger partial charge in [0.25, 0.3) is 5.91 Å². The molecule has 0 unspecified atom stereocenters. The van der Waals surface area contributed by atoms with Gasteiger partial charge in [-0.05, 0) is 48.2 Å². The summed E-state index contributed by atoms with van der Waals surface area (Å²) < 4.78 is 0. The quantitative estimate of drug-likeness (QED) is 0.642. The van der Waals surface area contributed by atoms with Gasteiger partial charge < -0.3 is 4.90 Å². The molecule has 1 aliphatic heterocycles. The number of hydrogen-bond donors (Lipinski definition) is 0. The Balaban J connectivity index is 1.51. The van der Waals surface area contributed by atoms with E-state index in [1.807, 2.05) is 23.1 Å². The highest BCUT2D eigenvalue weighted by Gasteiger charge is 2.28. The van der Waals surface area contributed by atoms with Crippen molar-refractivity contribution in [2.45, 2.75) is 19.9 Å². The molecule has 0 radical (unpaired) electrons. The number of amides is 1. The van der Waals surface area contributed by atoms with Gasteiger partial charge in [0.15, 0.2) is 0 Å². The van der Waals surface area contributed by atoms with Crippen LogP contribution in [0, 0.1) is 13.8 Å². The number of hydrogen-bond acceptors (Lipinski definition) is 2. The van der Waals surface area contributed by atoms with E-state index in [-0.39, 0.29) is 11.9 Å². The zero-order chi connectivity index (χ0) is 20.2. The number of carbonyl (C=O) groups is 1. The van der Waals surface area contributed by atoms with Gasteiger partial charge >= 0.3 is 0 Å². The molecule has 0 spiro atoms. The molecule has 4 rings (SSSR count). The molecule has 3 nitrogen and oxygen atoms in total. The fourth-order valence-corrected chi connectivity index (χ4v) is 4.12. The van der Waals surface area contributed by atoms with Crippen LogP contribution >= 0.6 is 0 Å². The van der Waals surface area contributed by atoms with E-state index in [9.17, 15) is 4.79 Å². The fourth-order valence-electron chi connectivity index (χ4n) is 4.12. The van der Waals surface area contributed by atoms with Crippen molar-refractivity contribution in [2.24, 2.45) is 0 Å². The summed E-state index contributed by atoms with van der Waals surface area (Å²) in [7, 11) is 0. The Labute approximate surface area is 173 Å². The standard InChI is InChI=1S/C26H28N2O/c1-20-13-14-24(19-21(20)2)26(29)28-17-15-27(16-18-28)25(22-9-5-3-6-10-22)23-11-7-4-8-12-23/h3-14,19,25H,15-18H2,1-2H3. The van der Waals surface area contributed by atoms with Crippen LogP contribution in [0.5, 0.6) is 0 Å². The van der Waals surface area contributed by atoms with Crippen LogP contribution in [-0.4, -0.2) is 41.9 Å². The molecule has 0 aromatic heterocycles. The Morgan fingerprint density at radius 1 is 0.724 bits per heavy atom. The molecular formula is C26H28N2O. The minimum absolute atomic E-state index is 0.142. The lowest BCUT2D eigenvalue weighted by Crippen LogP contribution is -2.49. The fraction of sp³-hybridized carbons (Fsp3) is 0.269. The Morgan fingerprint density at radius 2 is 1.28 bits per heavy atom. The maximum Gasteiger partial charge on any atom is 0.253 e.